The van der Waals surface area contributed by atoms with E-state index >= 15 is 0 Å². The van der Waals surface area contributed by atoms with Crippen LogP contribution in [0.25, 0.3) is 0 Å². The first-order valence-electron chi connectivity index (χ1n) is 0. The molecule has 0 amide bonds. The van der Waals surface area contributed by atoms with Crippen molar-refractivity contribution in [2.45, 2.75) is 0 Å². The summed E-state index contributed by atoms with van der Waals surface area (Å²) in [4.78, 5) is 0. The van der Waals surface area contributed by atoms with E-state index < -0.39 is 0 Å². The minimum atomic E-state index is 0. The summed E-state index contributed by atoms with van der Waals surface area (Å²) in [5, 5.41) is 0. The van der Waals surface area contributed by atoms with Gasteiger partial charge in [-0.2, -0.15) is 0 Å². The second kappa shape index (κ2) is 17.8. The second-order valence-electron chi connectivity index (χ2n) is 0. The minimum absolute atomic E-state index is 0. The van der Waals surface area contributed by atoms with E-state index in [4.69, 9.17) is 0 Å². The molecule has 0 saturated heterocycles. The molecule has 0 aromatic rings. The average Bonchev–Trinajstić information content (AvgIpc) is 0. The van der Waals surface area contributed by atoms with E-state index in [2.05, 4.69) is 0 Å². The molecule has 0 N–H and O–H groups in total. The third-order valence-electron chi connectivity index (χ3n) is 0. The smallest absolute Gasteiger partial charge is 0 e. The molecular formula is CBiSbSn. The first kappa shape index (κ1) is 31.5. The van der Waals surface area contributed by atoms with Crippen LogP contribution in [0.2, 0.25) is 0 Å². The van der Waals surface area contributed by atoms with Gasteiger partial charge in [0.2, 0.25) is 0 Å². The fourth-order valence-electron chi connectivity index (χ4n) is 0. The van der Waals surface area contributed by atoms with Gasteiger partial charge in [0.15, 0.2) is 0 Å². The van der Waals surface area contributed by atoms with Crippen LogP contribution in [0.15, 0.2) is 0 Å². The summed E-state index contributed by atoms with van der Waals surface area (Å²) in [6, 6.07) is 0. The van der Waals surface area contributed by atoms with Gasteiger partial charge in [0.25, 0.3) is 0 Å². The zero-order chi connectivity index (χ0) is 0. The van der Waals surface area contributed by atoms with Crippen LogP contribution in [0.3, 0.4) is 0 Å². The largest absolute Gasteiger partial charge is 0 e. The molecule has 0 bridgehead atoms. The van der Waals surface area contributed by atoms with Crippen molar-refractivity contribution >= 4 is 74.5 Å². The van der Waals surface area contributed by atoms with Crippen LogP contribution in [-0.2, 0) is 0 Å². The second-order valence-corrected chi connectivity index (χ2v) is 0. The van der Waals surface area contributed by atoms with E-state index in [-0.39, 0.29) is 82.0 Å². The zero-order valence-electron chi connectivity index (χ0n) is 1.89. The molecule has 4 heavy (non-hydrogen) atoms. The maximum atomic E-state index is 0. The van der Waals surface area contributed by atoms with Crippen molar-refractivity contribution in [3.8, 4) is 0 Å². The maximum Gasteiger partial charge on any atom is 0 e. The van der Waals surface area contributed by atoms with Crippen molar-refractivity contribution in [2.75, 3.05) is 0 Å². The van der Waals surface area contributed by atoms with Crippen LogP contribution >= 0.6 is 0 Å². The monoisotopic (exact) mass is 462 g/mol. The Labute approximate surface area is 80.6 Å². The quantitative estimate of drug-likeness (QED) is 0.404. The van der Waals surface area contributed by atoms with Gasteiger partial charge in [-0.3, -0.25) is 0 Å². The number of hydrogen-bond acceptors (Lipinski definition) is 0. The Morgan fingerprint density at radius 3 is 1.00 bits per heavy atom. The molecule has 0 aromatic carbocycles. The van der Waals surface area contributed by atoms with Crippen molar-refractivity contribution in [2.24, 2.45) is 0 Å². The summed E-state index contributed by atoms with van der Waals surface area (Å²) in [6.45, 7) is 0. The van der Waals surface area contributed by atoms with Gasteiger partial charge in [-0.15, -0.1) is 0 Å². The van der Waals surface area contributed by atoms with Crippen LogP contribution in [-0.4, -0.2) is 74.5 Å². The third-order valence-corrected chi connectivity index (χ3v) is 0. The van der Waals surface area contributed by atoms with Gasteiger partial charge in [-0.05, 0) is 0 Å². The molecule has 0 heterocycles. The summed E-state index contributed by atoms with van der Waals surface area (Å²) < 4.78 is 0. The van der Waals surface area contributed by atoms with E-state index in [0.717, 1.165) is 0 Å². The molecule has 0 aliphatic carbocycles. The first-order chi connectivity index (χ1) is 0. The van der Waals surface area contributed by atoms with Gasteiger partial charge < -0.3 is 0 Å². The molecule has 0 saturated carbocycles. The van der Waals surface area contributed by atoms with E-state index in [9.17, 15) is 0 Å². The van der Waals surface area contributed by atoms with Gasteiger partial charge >= 0.3 is 0 Å². The van der Waals surface area contributed by atoms with Gasteiger partial charge in [-0.25, -0.2) is 0 Å². The molecule has 0 aliphatic rings. The summed E-state index contributed by atoms with van der Waals surface area (Å²) in [5.41, 5.74) is 0. The van der Waals surface area contributed by atoms with Crippen molar-refractivity contribution in [1.82, 2.24) is 0 Å². The minimum Gasteiger partial charge on any atom is 0 e. The number of rotatable bonds is 0. The predicted molar refractivity (Wildman–Crippen MR) is 20.5 cm³/mol. The Morgan fingerprint density at radius 2 is 1.00 bits per heavy atom. The van der Waals surface area contributed by atoms with E-state index in [1.54, 1.807) is 0 Å². The molecule has 3 heteroatoms. The molecule has 18 valence electrons. The fraction of sp³-hybridized carbons (Fsp3) is 0. The molecule has 0 rings (SSSR count). The standard InChI is InChI=1S/C.Bi.Sb.Sn. The fourth-order valence-corrected chi connectivity index (χ4v) is 0. The maximum absolute atomic E-state index is 0. The normalized spacial score (nSPS) is 0. The van der Waals surface area contributed by atoms with E-state index in [0.29, 0.717) is 0 Å². The first-order valence-corrected chi connectivity index (χ1v) is 0. The predicted octanol–water partition coefficient (Wildman–Crippen LogP) is -1.06. The Kier molecular flexibility index (Phi) is 140. The summed E-state index contributed by atoms with van der Waals surface area (Å²) in [6.07, 6.45) is 0. The van der Waals surface area contributed by atoms with Crippen LogP contribution in [0.1, 0.15) is 0 Å². The topological polar surface area (TPSA) is 0 Å². The molecule has 0 fully saturated rings. The van der Waals surface area contributed by atoms with E-state index in [1.807, 2.05) is 0 Å². The van der Waals surface area contributed by atoms with Crippen LogP contribution in [0.5, 0.6) is 0 Å². The van der Waals surface area contributed by atoms with Crippen molar-refractivity contribution in [3.05, 3.63) is 7.43 Å². The molecule has 0 aliphatic heterocycles. The summed E-state index contributed by atoms with van der Waals surface area (Å²) in [7, 11) is 0. The van der Waals surface area contributed by atoms with Gasteiger partial charge in [-0.1, -0.05) is 0 Å². The van der Waals surface area contributed by atoms with Crippen LogP contribution in [0, 0.1) is 7.43 Å². The molecular weight excluding hydrogens is 461 g/mol. The Morgan fingerprint density at radius 1 is 1.00 bits per heavy atom. The van der Waals surface area contributed by atoms with Gasteiger partial charge in [0.05, 0.1) is 0 Å². The Balaban J connectivity index is 0. The summed E-state index contributed by atoms with van der Waals surface area (Å²) in [5.74, 6) is 0. The molecule has 0 nitrogen and oxygen atoms in total. The Bertz CT molecular complexity index is 8.00. The summed E-state index contributed by atoms with van der Waals surface area (Å²) >= 11 is 0. The number of hydrogen-bond donors (Lipinski definition) is 0. The van der Waals surface area contributed by atoms with Gasteiger partial charge in [0, 0.05) is 82.0 Å². The zero-order valence-corrected chi connectivity index (χ0v) is 10.8. The van der Waals surface area contributed by atoms with Crippen molar-refractivity contribution in [3.63, 3.8) is 0 Å². The third kappa shape index (κ3) is 8.82. The van der Waals surface area contributed by atoms with Crippen molar-refractivity contribution < 1.29 is 0 Å². The molecule has 0 unspecified atom stereocenters. The van der Waals surface area contributed by atoms with Crippen LogP contribution < -0.4 is 0 Å². The SMILES string of the molecule is [Bi].[C].[Sb].[Sn]. The molecule has 0 aromatic heterocycles. The molecule has 0 spiro atoms. The van der Waals surface area contributed by atoms with Crippen LogP contribution in [0.4, 0.5) is 0 Å². The molecule has 0 atom stereocenters. The van der Waals surface area contributed by atoms with Crippen molar-refractivity contribution in [1.29, 1.82) is 0 Å². The average molecular weight is 461 g/mol. The van der Waals surface area contributed by atoms with E-state index in [1.165, 1.54) is 0 Å². The Hall–Kier alpha value is 2.50. The molecule has 14 radical (unpaired) electrons. The van der Waals surface area contributed by atoms with Gasteiger partial charge in [0.1, 0.15) is 0 Å².